The van der Waals surface area contributed by atoms with Crippen LogP contribution in [0.1, 0.15) is 5.56 Å². The standard InChI is InChI=1S/C13H17N5S/c1-18(2)13-16-6-9(7-17-13)8-19-12-5-10(14)3-4-11(12)15/h3-7H,8,14-15H2,1-2H3. The van der Waals surface area contributed by atoms with Crippen LogP contribution in [0.2, 0.25) is 0 Å². The largest absolute Gasteiger partial charge is 0.399 e. The Morgan fingerprint density at radius 3 is 2.47 bits per heavy atom. The van der Waals surface area contributed by atoms with Crippen LogP contribution < -0.4 is 16.4 Å². The lowest BCUT2D eigenvalue weighted by molar-refractivity contribution is 0.986. The molecule has 1 aromatic heterocycles. The number of hydrogen-bond acceptors (Lipinski definition) is 6. The lowest BCUT2D eigenvalue weighted by atomic mass is 10.3. The molecular formula is C13H17N5S. The Bertz CT molecular complexity index is 553. The van der Waals surface area contributed by atoms with E-state index in [-0.39, 0.29) is 0 Å². The molecule has 0 aliphatic heterocycles. The van der Waals surface area contributed by atoms with Crippen molar-refractivity contribution in [2.75, 3.05) is 30.5 Å². The summed E-state index contributed by atoms with van der Waals surface area (Å²) in [5.41, 5.74) is 14.2. The Morgan fingerprint density at radius 2 is 1.84 bits per heavy atom. The van der Waals surface area contributed by atoms with Crippen molar-refractivity contribution in [3.05, 3.63) is 36.2 Å². The third-order valence-corrected chi connectivity index (χ3v) is 3.67. The lowest BCUT2D eigenvalue weighted by Crippen LogP contribution is -2.12. The Morgan fingerprint density at radius 1 is 1.16 bits per heavy atom. The molecule has 0 radical (unpaired) electrons. The van der Waals surface area contributed by atoms with E-state index < -0.39 is 0 Å². The minimum absolute atomic E-state index is 0.706. The van der Waals surface area contributed by atoms with E-state index in [1.807, 2.05) is 43.5 Å². The van der Waals surface area contributed by atoms with Gasteiger partial charge in [-0.25, -0.2) is 9.97 Å². The zero-order valence-electron chi connectivity index (χ0n) is 11.0. The number of benzene rings is 1. The number of rotatable bonds is 4. The molecule has 19 heavy (non-hydrogen) atoms. The van der Waals surface area contributed by atoms with Gasteiger partial charge in [0.2, 0.25) is 5.95 Å². The monoisotopic (exact) mass is 275 g/mol. The van der Waals surface area contributed by atoms with Gasteiger partial charge in [-0.2, -0.15) is 0 Å². The van der Waals surface area contributed by atoms with Gasteiger partial charge in [0.25, 0.3) is 0 Å². The highest BCUT2D eigenvalue weighted by Crippen LogP contribution is 2.29. The van der Waals surface area contributed by atoms with Crippen LogP contribution in [0.3, 0.4) is 0 Å². The number of aromatic nitrogens is 2. The van der Waals surface area contributed by atoms with Crippen molar-refractivity contribution in [3.8, 4) is 0 Å². The van der Waals surface area contributed by atoms with E-state index in [1.165, 1.54) is 0 Å². The fourth-order valence-electron chi connectivity index (χ4n) is 1.49. The summed E-state index contributed by atoms with van der Waals surface area (Å²) in [6, 6.07) is 5.51. The normalized spacial score (nSPS) is 10.4. The van der Waals surface area contributed by atoms with Gasteiger partial charge in [0.05, 0.1) is 0 Å². The van der Waals surface area contributed by atoms with E-state index in [4.69, 9.17) is 11.5 Å². The second kappa shape index (κ2) is 5.79. The van der Waals surface area contributed by atoms with Gasteiger partial charge >= 0.3 is 0 Å². The number of thioether (sulfide) groups is 1. The van der Waals surface area contributed by atoms with Crippen molar-refractivity contribution in [2.45, 2.75) is 10.6 Å². The first-order valence-corrected chi connectivity index (χ1v) is 6.81. The summed E-state index contributed by atoms with van der Waals surface area (Å²) < 4.78 is 0. The smallest absolute Gasteiger partial charge is 0.224 e. The first kappa shape index (κ1) is 13.5. The van der Waals surface area contributed by atoms with Crippen molar-refractivity contribution in [1.82, 2.24) is 9.97 Å². The number of nitrogens with two attached hydrogens (primary N) is 2. The van der Waals surface area contributed by atoms with Gasteiger partial charge in [0, 0.05) is 48.5 Å². The average Bonchev–Trinajstić information content (AvgIpc) is 2.40. The SMILES string of the molecule is CN(C)c1ncc(CSc2cc(N)ccc2N)cn1. The van der Waals surface area contributed by atoms with E-state index in [9.17, 15) is 0 Å². The third kappa shape index (κ3) is 3.51. The van der Waals surface area contributed by atoms with Gasteiger partial charge < -0.3 is 16.4 Å². The van der Waals surface area contributed by atoms with E-state index in [0.717, 1.165) is 27.6 Å². The predicted molar refractivity (Wildman–Crippen MR) is 81.2 cm³/mol. The first-order chi connectivity index (χ1) is 9.06. The van der Waals surface area contributed by atoms with Crippen LogP contribution >= 0.6 is 11.8 Å². The summed E-state index contributed by atoms with van der Waals surface area (Å²) in [6.07, 6.45) is 3.66. The molecule has 0 atom stereocenters. The summed E-state index contributed by atoms with van der Waals surface area (Å²) in [6.45, 7) is 0. The van der Waals surface area contributed by atoms with E-state index in [1.54, 1.807) is 17.8 Å². The topological polar surface area (TPSA) is 81.1 Å². The molecule has 6 heteroatoms. The fraction of sp³-hybridized carbons (Fsp3) is 0.231. The summed E-state index contributed by atoms with van der Waals surface area (Å²) >= 11 is 1.63. The molecule has 100 valence electrons. The Kier molecular flexibility index (Phi) is 4.11. The summed E-state index contributed by atoms with van der Waals surface area (Å²) in [7, 11) is 3.83. The van der Waals surface area contributed by atoms with Gasteiger partial charge in [0.15, 0.2) is 0 Å². The van der Waals surface area contributed by atoms with Crippen LogP contribution in [0.25, 0.3) is 0 Å². The minimum Gasteiger partial charge on any atom is -0.399 e. The second-order valence-electron chi connectivity index (χ2n) is 4.37. The molecule has 4 N–H and O–H groups in total. The summed E-state index contributed by atoms with van der Waals surface area (Å²) in [5.74, 6) is 1.47. The second-order valence-corrected chi connectivity index (χ2v) is 5.39. The number of hydrogen-bond donors (Lipinski definition) is 2. The Hall–Kier alpha value is -1.95. The molecule has 5 nitrogen and oxygen atoms in total. The Labute approximate surface area is 117 Å². The maximum atomic E-state index is 5.90. The van der Waals surface area contributed by atoms with Gasteiger partial charge in [-0.05, 0) is 23.8 Å². The molecule has 1 heterocycles. The number of nitrogens with zero attached hydrogens (tertiary/aromatic N) is 3. The van der Waals surface area contributed by atoms with Crippen LogP contribution in [0.15, 0.2) is 35.5 Å². The van der Waals surface area contributed by atoms with Crippen molar-refractivity contribution < 1.29 is 0 Å². The number of anilines is 3. The average molecular weight is 275 g/mol. The highest BCUT2D eigenvalue weighted by molar-refractivity contribution is 7.98. The highest BCUT2D eigenvalue weighted by atomic mass is 32.2. The molecule has 0 bridgehead atoms. The van der Waals surface area contributed by atoms with Gasteiger partial charge in [-0.15, -0.1) is 11.8 Å². The van der Waals surface area contributed by atoms with Gasteiger partial charge in [0.1, 0.15) is 0 Å². The molecule has 0 fully saturated rings. The summed E-state index contributed by atoms with van der Waals surface area (Å²) in [4.78, 5) is 11.4. The molecule has 0 aliphatic rings. The third-order valence-electron chi connectivity index (χ3n) is 2.52. The molecule has 0 saturated heterocycles. The maximum absolute atomic E-state index is 5.90. The van der Waals surface area contributed by atoms with Crippen molar-refractivity contribution >= 4 is 29.1 Å². The van der Waals surface area contributed by atoms with Crippen LogP contribution in [-0.2, 0) is 5.75 Å². The molecule has 2 rings (SSSR count). The molecule has 0 unspecified atom stereocenters. The zero-order valence-corrected chi connectivity index (χ0v) is 11.8. The molecule has 0 aliphatic carbocycles. The highest BCUT2D eigenvalue weighted by Gasteiger charge is 2.03. The minimum atomic E-state index is 0.706. The lowest BCUT2D eigenvalue weighted by Gasteiger charge is -2.10. The quantitative estimate of drug-likeness (QED) is 0.656. The van der Waals surface area contributed by atoms with Crippen LogP contribution in [0, 0.1) is 0 Å². The maximum Gasteiger partial charge on any atom is 0.224 e. The molecule has 0 amide bonds. The van der Waals surface area contributed by atoms with Gasteiger partial charge in [-0.1, -0.05) is 0 Å². The molecule has 2 aromatic rings. The fourth-order valence-corrected chi connectivity index (χ4v) is 2.42. The van der Waals surface area contributed by atoms with E-state index in [2.05, 4.69) is 9.97 Å². The van der Waals surface area contributed by atoms with Crippen LogP contribution in [-0.4, -0.2) is 24.1 Å². The summed E-state index contributed by atoms with van der Waals surface area (Å²) in [5, 5.41) is 0. The molecule has 0 saturated carbocycles. The van der Waals surface area contributed by atoms with E-state index >= 15 is 0 Å². The molecule has 1 aromatic carbocycles. The van der Waals surface area contributed by atoms with Gasteiger partial charge in [-0.3, -0.25) is 0 Å². The van der Waals surface area contributed by atoms with Crippen molar-refractivity contribution in [1.29, 1.82) is 0 Å². The van der Waals surface area contributed by atoms with E-state index in [0.29, 0.717) is 5.95 Å². The number of nitrogen functional groups attached to an aromatic ring is 2. The Balaban J connectivity index is 2.04. The van der Waals surface area contributed by atoms with Crippen LogP contribution in [0.5, 0.6) is 0 Å². The first-order valence-electron chi connectivity index (χ1n) is 5.82. The molecule has 0 spiro atoms. The molecular weight excluding hydrogens is 258 g/mol. The van der Waals surface area contributed by atoms with Crippen molar-refractivity contribution in [2.24, 2.45) is 0 Å². The zero-order chi connectivity index (χ0) is 13.8. The van der Waals surface area contributed by atoms with Crippen molar-refractivity contribution in [3.63, 3.8) is 0 Å². The predicted octanol–water partition coefficient (Wildman–Crippen LogP) is 2.00. The van der Waals surface area contributed by atoms with Crippen LogP contribution in [0.4, 0.5) is 17.3 Å².